The van der Waals surface area contributed by atoms with Gasteiger partial charge in [0, 0.05) is 19.6 Å². The predicted molar refractivity (Wildman–Crippen MR) is 154 cm³/mol. The first kappa shape index (κ1) is 30.7. The van der Waals surface area contributed by atoms with Gasteiger partial charge in [0.05, 0.1) is 17.7 Å². The highest BCUT2D eigenvalue weighted by molar-refractivity contribution is 6.32. The van der Waals surface area contributed by atoms with Crippen LogP contribution in [0.3, 0.4) is 0 Å². The largest absolute Gasteiger partial charge is 0.456 e. The Morgan fingerprint density at radius 3 is 2.40 bits per heavy atom. The topological polar surface area (TPSA) is 106 Å². The van der Waals surface area contributed by atoms with E-state index < -0.39 is 18.2 Å². The average molecular weight is 567 g/mol. The molecule has 0 aliphatic carbocycles. The first-order valence-corrected chi connectivity index (χ1v) is 13.4. The zero-order valence-electron chi connectivity index (χ0n) is 22.9. The van der Waals surface area contributed by atoms with Crippen LogP contribution in [-0.2, 0) is 27.4 Å². The first-order chi connectivity index (χ1) is 19.2. The van der Waals surface area contributed by atoms with Gasteiger partial charge in [-0.15, -0.1) is 0 Å². The molecule has 9 heteroatoms. The smallest absolute Gasteiger partial charge is 0.412 e. The van der Waals surface area contributed by atoms with Gasteiger partial charge in [0.25, 0.3) is 0 Å². The van der Waals surface area contributed by atoms with Gasteiger partial charge in [-0.1, -0.05) is 60.1 Å². The molecule has 0 aliphatic heterocycles. The molecule has 2 amide bonds. The van der Waals surface area contributed by atoms with Gasteiger partial charge in [-0.2, -0.15) is 0 Å². The second kappa shape index (κ2) is 15.7. The van der Waals surface area contributed by atoms with Gasteiger partial charge < -0.3 is 30.0 Å². The highest BCUT2D eigenvalue weighted by Gasteiger charge is 2.21. The lowest BCUT2D eigenvalue weighted by molar-refractivity contribution is -0.123. The Morgan fingerprint density at radius 1 is 1.02 bits per heavy atom. The lowest BCUT2D eigenvalue weighted by Crippen LogP contribution is -2.47. The normalized spacial score (nSPS) is 12.8. The molecule has 0 spiro atoms. The molecule has 0 radical (unpaired) electrons. The molecule has 8 nitrogen and oxygen atoms in total. The SMILES string of the molecule is C/C=C(\C)OC(=O)N[C@@H](CCOCc1ccccc1)C(=O)NCc1ccc(Oc2ccc(C(C)O)cc2Cl)cc1. The third-order valence-corrected chi connectivity index (χ3v) is 6.28. The monoisotopic (exact) mass is 566 g/mol. The third-order valence-electron chi connectivity index (χ3n) is 5.99. The van der Waals surface area contributed by atoms with Crippen molar-refractivity contribution >= 4 is 23.6 Å². The molecule has 0 heterocycles. The summed E-state index contributed by atoms with van der Waals surface area (Å²) in [5.74, 6) is 1.11. The number of allylic oxidation sites excluding steroid dienone is 2. The molecule has 1 unspecified atom stereocenters. The number of halogens is 1. The molecule has 3 rings (SSSR count). The number of rotatable bonds is 13. The summed E-state index contributed by atoms with van der Waals surface area (Å²) in [7, 11) is 0. The minimum atomic E-state index is -0.845. The van der Waals surface area contributed by atoms with Crippen molar-refractivity contribution in [3.05, 3.63) is 106 Å². The van der Waals surface area contributed by atoms with Crippen molar-refractivity contribution in [3.63, 3.8) is 0 Å². The molecule has 3 aromatic rings. The number of aliphatic hydroxyl groups excluding tert-OH is 1. The van der Waals surface area contributed by atoms with E-state index in [-0.39, 0.29) is 25.5 Å². The van der Waals surface area contributed by atoms with E-state index in [1.54, 1.807) is 57.2 Å². The Hall–Kier alpha value is -3.85. The van der Waals surface area contributed by atoms with Crippen molar-refractivity contribution in [1.29, 1.82) is 0 Å². The zero-order valence-corrected chi connectivity index (χ0v) is 23.6. The fourth-order valence-electron chi connectivity index (χ4n) is 3.59. The molecule has 0 bridgehead atoms. The van der Waals surface area contributed by atoms with E-state index in [4.69, 9.17) is 25.8 Å². The van der Waals surface area contributed by atoms with Crippen LogP contribution < -0.4 is 15.4 Å². The number of carbonyl (C=O) groups excluding carboxylic acids is 2. The Kier molecular flexibility index (Phi) is 12.0. The summed E-state index contributed by atoms with van der Waals surface area (Å²) in [6, 6.07) is 21.2. The van der Waals surface area contributed by atoms with Crippen molar-refractivity contribution in [1.82, 2.24) is 10.6 Å². The van der Waals surface area contributed by atoms with Gasteiger partial charge in [0.15, 0.2) is 0 Å². The summed E-state index contributed by atoms with van der Waals surface area (Å²) in [5, 5.41) is 15.6. The number of ether oxygens (including phenoxy) is 3. The van der Waals surface area contributed by atoms with E-state index in [0.29, 0.717) is 34.5 Å². The second-order valence-electron chi connectivity index (χ2n) is 9.14. The summed E-state index contributed by atoms with van der Waals surface area (Å²) in [6.45, 7) is 5.99. The number of amides is 2. The van der Waals surface area contributed by atoms with E-state index in [1.165, 1.54) is 0 Å². The van der Waals surface area contributed by atoms with Crippen LogP contribution in [0, 0.1) is 0 Å². The summed E-state index contributed by atoms with van der Waals surface area (Å²) >= 11 is 6.28. The van der Waals surface area contributed by atoms with Crippen LogP contribution in [0.5, 0.6) is 11.5 Å². The highest BCUT2D eigenvalue weighted by atomic mass is 35.5. The van der Waals surface area contributed by atoms with Gasteiger partial charge in [0.1, 0.15) is 23.3 Å². The van der Waals surface area contributed by atoms with Crippen molar-refractivity contribution in [2.45, 2.75) is 52.5 Å². The van der Waals surface area contributed by atoms with Crippen LogP contribution >= 0.6 is 11.6 Å². The van der Waals surface area contributed by atoms with E-state index in [1.807, 2.05) is 42.5 Å². The number of aliphatic hydroxyl groups is 1. The summed E-state index contributed by atoms with van der Waals surface area (Å²) in [4.78, 5) is 25.3. The molecule has 0 saturated carbocycles. The molecular weight excluding hydrogens is 532 g/mol. The van der Waals surface area contributed by atoms with E-state index in [2.05, 4.69) is 10.6 Å². The van der Waals surface area contributed by atoms with Crippen LogP contribution in [-0.4, -0.2) is 29.8 Å². The van der Waals surface area contributed by atoms with Gasteiger partial charge in [-0.25, -0.2) is 4.79 Å². The fraction of sp³-hybridized carbons (Fsp3) is 0.290. The fourth-order valence-corrected chi connectivity index (χ4v) is 3.81. The number of alkyl carbamates (subject to hydrolysis) is 1. The molecule has 3 N–H and O–H groups in total. The van der Waals surface area contributed by atoms with E-state index in [9.17, 15) is 14.7 Å². The quantitative estimate of drug-likeness (QED) is 0.163. The van der Waals surface area contributed by atoms with Crippen LogP contribution in [0.1, 0.15) is 50.0 Å². The lowest BCUT2D eigenvalue weighted by Gasteiger charge is -2.18. The molecule has 2 atom stereocenters. The second-order valence-corrected chi connectivity index (χ2v) is 9.55. The van der Waals surface area contributed by atoms with Crippen molar-refractivity contribution in [2.75, 3.05) is 6.61 Å². The third kappa shape index (κ3) is 10.0. The maximum atomic E-state index is 13.0. The molecule has 0 aromatic heterocycles. The molecule has 0 saturated heterocycles. The average Bonchev–Trinajstić information content (AvgIpc) is 2.95. The number of nitrogens with one attached hydrogen (secondary N) is 2. The van der Waals surface area contributed by atoms with E-state index in [0.717, 1.165) is 11.1 Å². The zero-order chi connectivity index (χ0) is 28.9. The van der Waals surface area contributed by atoms with Gasteiger partial charge in [-0.3, -0.25) is 4.79 Å². The molecule has 0 fully saturated rings. The molecule has 0 aliphatic rings. The predicted octanol–water partition coefficient (Wildman–Crippen LogP) is 6.43. The summed E-state index contributed by atoms with van der Waals surface area (Å²) in [6.07, 6.45) is 0.592. The maximum Gasteiger partial charge on any atom is 0.412 e. The Labute approximate surface area is 239 Å². The first-order valence-electron chi connectivity index (χ1n) is 13.0. The Morgan fingerprint density at radius 2 is 1.75 bits per heavy atom. The summed E-state index contributed by atoms with van der Waals surface area (Å²) < 4.78 is 16.7. The van der Waals surface area contributed by atoms with Crippen molar-refractivity contribution in [2.24, 2.45) is 0 Å². The maximum absolute atomic E-state index is 13.0. The Balaban J connectivity index is 1.55. The molecular formula is C31H35ClN2O6. The van der Waals surface area contributed by atoms with Crippen LogP contribution in [0.15, 0.2) is 84.6 Å². The van der Waals surface area contributed by atoms with Crippen molar-refractivity contribution in [3.8, 4) is 11.5 Å². The minimum Gasteiger partial charge on any atom is -0.456 e. The van der Waals surface area contributed by atoms with Gasteiger partial charge in [0.2, 0.25) is 5.91 Å². The van der Waals surface area contributed by atoms with E-state index >= 15 is 0 Å². The number of hydrogen-bond donors (Lipinski definition) is 3. The molecule has 212 valence electrons. The van der Waals surface area contributed by atoms with Crippen LogP contribution in [0.2, 0.25) is 5.02 Å². The standard InChI is InChI=1S/C31H35ClN2O6/c1-4-21(2)39-31(37)34-28(16-17-38-20-24-8-6-5-7-9-24)30(36)33-19-23-10-13-26(14-11-23)40-29-15-12-25(22(3)35)18-27(29)32/h4-15,18,22,28,35H,16-17,19-20H2,1-3H3,(H,33,36)(H,34,37)/b21-4+/t22?,28-/m0/s1. The molecule has 3 aromatic carbocycles. The van der Waals surface area contributed by atoms with Gasteiger partial charge >= 0.3 is 6.09 Å². The van der Waals surface area contributed by atoms with Crippen molar-refractivity contribution < 1.29 is 28.9 Å². The minimum absolute atomic E-state index is 0.245. The van der Waals surface area contributed by atoms with Crippen LogP contribution in [0.25, 0.3) is 0 Å². The number of carbonyl (C=O) groups is 2. The van der Waals surface area contributed by atoms with Gasteiger partial charge in [-0.05, 0) is 67.8 Å². The molecule has 40 heavy (non-hydrogen) atoms. The lowest BCUT2D eigenvalue weighted by atomic mass is 10.1. The summed E-state index contributed by atoms with van der Waals surface area (Å²) in [5.41, 5.74) is 2.55. The highest BCUT2D eigenvalue weighted by Crippen LogP contribution is 2.31. The number of benzene rings is 3. The van der Waals surface area contributed by atoms with Crippen LogP contribution in [0.4, 0.5) is 4.79 Å². The Bertz CT molecular complexity index is 1280. The number of hydrogen-bond acceptors (Lipinski definition) is 6.